The van der Waals surface area contributed by atoms with Gasteiger partial charge in [-0.15, -0.1) is 0 Å². The Bertz CT molecular complexity index is 4170. The van der Waals surface area contributed by atoms with Crippen molar-refractivity contribution < 1.29 is 0 Å². The summed E-state index contributed by atoms with van der Waals surface area (Å²) in [4.78, 5) is 45.0. The van der Waals surface area contributed by atoms with Crippen molar-refractivity contribution in [1.29, 1.82) is 0 Å². The first-order valence-corrected chi connectivity index (χ1v) is 27.9. The topological polar surface area (TPSA) is 213 Å². The van der Waals surface area contributed by atoms with Crippen LogP contribution in [0.4, 0.5) is 22.7 Å². The first kappa shape index (κ1) is 48.5. The third-order valence-corrected chi connectivity index (χ3v) is 18.9. The molecule has 0 unspecified atom stereocenters. The van der Waals surface area contributed by atoms with Gasteiger partial charge in [0.15, 0.2) is 23.3 Å². The molecule has 12 nitrogen and oxygen atoms in total. The molecule has 76 heavy (non-hydrogen) atoms. The van der Waals surface area contributed by atoms with Gasteiger partial charge in [-0.05, 0) is 97.1 Å². The number of anilines is 4. The zero-order valence-electron chi connectivity index (χ0n) is 39.0. The predicted molar refractivity (Wildman–Crippen MR) is 316 cm³/mol. The minimum absolute atomic E-state index is 0.346. The van der Waals surface area contributed by atoms with Crippen molar-refractivity contribution in [3.05, 3.63) is 166 Å². The van der Waals surface area contributed by atoms with Crippen LogP contribution >= 0.6 is 93.5 Å². The maximum absolute atomic E-state index is 7.19. The third-order valence-electron chi connectivity index (χ3n) is 12.6. The molecule has 8 bridgehead atoms. The van der Waals surface area contributed by atoms with Crippen LogP contribution in [0.15, 0.2) is 185 Å². The Hall–Kier alpha value is -7.12. The lowest BCUT2D eigenvalue weighted by atomic mass is 10.1. The highest BCUT2D eigenvalue weighted by Crippen LogP contribution is 2.48. The van der Waals surface area contributed by atoms with Gasteiger partial charge in [0.25, 0.3) is 0 Å². The first-order valence-electron chi connectivity index (χ1n) is 23.2. The molecule has 370 valence electrons. The summed E-state index contributed by atoms with van der Waals surface area (Å²) in [5.41, 5.74) is 32.7. The maximum atomic E-state index is 7.19. The second-order valence-electron chi connectivity index (χ2n) is 17.5. The summed E-state index contributed by atoms with van der Waals surface area (Å²) in [7, 11) is 0. The highest BCUT2D eigenvalue weighted by atomic mass is 35.5. The molecule has 0 saturated carbocycles. The lowest BCUT2D eigenvalue weighted by Gasteiger charge is -2.09. The summed E-state index contributed by atoms with van der Waals surface area (Å²) in [5.74, 6) is 1.41. The van der Waals surface area contributed by atoms with E-state index >= 15 is 0 Å². The van der Waals surface area contributed by atoms with E-state index in [-0.39, 0.29) is 0 Å². The summed E-state index contributed by atoms with van der Waals surface area (Å²) >= 11 is 34.5. The van der Waals surface area contributed by atoms with Gasteiger partial charge in [0.2, 0.25) is 0 Å². The molecule has 20 heteroatoms. The van der Waals surface area contributed by atoms with Crippen LogP contribution < -0.4 is 22.9 Å². The summed E-state index contributed by atoms with van der Waals surface area (Å²) in [6, 6.07) is 45.9. The average molecular weight is 1150 g/mol. The highest BCUT2D eigenvalue weighted by Gasteiger charge is 2.27. The van der Waals surface area contributed by atoms with Crippen LogP contribution in [0.2, 0.25) is 20.1 Å². The van der Waals surface area contributed by atoms with Gasteiger partial charge in [0.1, 0.15) is 22.6 Å². The second kappa shape index (κ2) is 19.5. The molecule has 0 fully saturated rings. The van der Waals surface area contributed by atoms with Crippen LogP contribution in [0.25, 0.3) is 89.7 Å². The van der Waals surface area contributed by atoms with Gasteiger partial charge >= 0.3 is 0 Å². The molecule has 11 aromatic rings. The van der Waals surface area contributed by atoms with Gasteiger partial charge in [0.05, 0.1) is 20.1 Å². The molecule has 0 aliphatic carbocycles. The van der Waals surface area contributed by atoms with Crippen LogP contribution in [0, 0.1) is 0 Å². The predicted octanol–water partition coefficient (Wildman–Crippen LogP) is 16.4. The number of rotatable bonds is 8. The molecule has 10 N–H and O–H groups in total. The molecule has 13 rings (SSSR count). The van der Waals surface area contributed by atoms with Gasteiger partial charge in [-0.1, -0.05) is 142 Å². The van der Waals surface area contributed by atoms with E-state index in [2.05, 4.69) is 9.97 Å². The minimum atomic E-state index is 0.346. The number of nitrogens with zero attached hydrogens (tertiary/aromatic N) is 6. The van der Waals surface area contributed by atoms with Crippen LogP contribution in [0.1, 0.15) is 0 Å². The van der Waals surface area contributed by atoms with Gasteiger partial charge in [0, 0.05) is 106 Å². The van der Waals surface area contributed by atoms with Crippen LogP contribution in [0.5, 0.6) is 0 Å². The minimum Gasteiger partial charge on any atom is -0.398 e. The molecule has 0 amide bonds. The maximum Gasteiger partial charge on any atom is 0.164 e. The van der Waals surface area contributed by atoms with Crippen molar-refractivity contribution in [3.8, 4) is 45.6 Å². The monoisotopic (exact) mass is 1140 g/mol. The van der Waals surface area contributed by atoms with Gasteiger partial charge in [-0.25, -0.2) is 29.9 Å². The molecular weight excluding hydrogens is 1110 g/mol. The molecule has 0 atom stereocenters. The zero-order chi connectivity index (χ0) is 51.9. The number of benzene rings is 8. The summed E-state index contributed by atoms with van der Waals surface area (Å²) < 4.78 is 0. The van der Waals surface area contributed by atoms with E-state index in [1.165, 1.54) is 47.0 Å². The second-order valence-corrected chi connectivity index (χ2v) is 23.4. The van der Waals surface area contributed by atoms with E-state index in [9.17, 15) is 0 Å². The van der Waals surface area contributed by atoms with E-state index in [4.69, 9.17) is 99.2 Å². The summed E-state index contributed by atoms with van der Waals surface area (Å²) in [5, 5.41) is 4.66. The number of H-pyrrole nitrogens is 2. The smallest absolute Gasteiger partial charge is 0.164 e. The van der Waals surface area contributed by atoms with E-state index in [0.29, 0.717) is 133 Å². The quantitative estimate of drug-likeness (QED) is 0.0782. The van der Waals surface area contributed by atoms with Crippen molar-refractivity contribution in [2.75, 3.05) is 22.9 Å². The molecular formula is C56H34Cl4N12S4. The van der Waals surface area contributed by atoms with Crippen molar-refractivity contribution in [2.24, 2.45) is 0 Å². The number of nitrogens with two attached hydrogens (primary N) is 4. The number of halogens is 4. The van der Waals surface area contributed by atoms with Crippen molar-refractivity contribution >= 4 is 160 Å². The molecule has 2 aliphatic rings. The lowest BCUT2D eigenvalue weighted by molar-refractivity contribution is 1.19. The number of hydrogen-bond acceptors (Lipinski definition) is 14. The van der Waals surface area contributed by atoms with Crippen LogP contribution in [0.3, 0.4) is 0 Å². The Balaban J connectivity index is 1.12. The fraction of sp³-hybridized carbons (Fsp3) is 0. The van der Waals surface area contributed by atoms with Crippen molar-refractivity contribution in [1.82, 2.24) is 39.9 Å². The molecule has 0 radical (unpaired) electrons. The highest BCUT2D eigenvalue weighted by molar-refractivity contribution is 8.00. The number of nitrogen functional groups attached to an aromatic ring is 4. The lowest BCUT2D eigenvalue weighted by Crippen LogP contribution is -1.89. The van der Waals surface area contributed by atoms with Crippen LogP contribution in [-0.2, 0) is 0 Å². The molecule has 3 aromatic heterocycles. The standard InChI is InChI=1S/C56H34Cl4N12S4/c57-33-17-25-29(21-45(33)73-41-13-5-1-9-37(41)61)53-65-49(25)70-54-31-23-47(75-43-15-7-3-11-39(43)63)35(59)19-27(31)51(67-54)72-56-32-24-48(76-44-16-8-4-12-40(44)64)36(60)20-28(32)52(68-56)71-55-30-22-46(74-42-14-6-2-10-38(42)62)34(58)18-26(30)50(66-55)69-53/h1-24H,61-64H2,(H2,65,66,67,68,69,70,71,72). The molecule has 8 aromatic carbocycles. The number of nitrogens with one attached hydrogen (secondary N) is 2. The Labute approximate surface area is 469 Å². The fourth-order valence-electron chi connectivity index (χ4n) is 8.87. The van der Waals surface area contributed by atoms with Gasteiger partial charge < -0.3 is 32.9 Å². The summed E-state index contributed by atoms with van der Waals surface area (Å²) in [6.07, 6.45) is 0. The largest absolute Gasteiger partial charge is 0.398 e. The van der Waals surface area contributed by atoms with Gasteiger partial charge in [-0.2, -0.15) is 0 Å². The van der Waals surface area contributed by atoms with Crippen LogP contribution in [-0.4, -0.2) is 39.9 Å². The zero-order valence-corrected chi connectivity index (χ0v) is 45.3. The molecule has 2 aliphatic heterocycles. The van der Waals surface area contributed by atoms with E-state index in [1.807, 2.05) is 146 Å². The normalized spacial score (nSPS) is 11.8. The fourth-order valence-corrected chi connectivity index (χ4v) is 13.6. The van der Waals surface area contributed by atoms with Gasteiger partial charge in [-0.3, -0.25) is 0 Å². The third kappa shape index (κ3) is 8.87. The Morgan fingerprint density at radius 2 is 0.539 bits per heavy atom. The Kier molecular flexibility index (Phi) is 12.4. The van der Waals surface area contributed by atoms with E-state index in [0.717, 1.165) is 39.2 Å². The molecule has 0 spiro atoms. The number of para-hydroxylation sites is 4. The number of aromatic amines is 2. The Morgan fingerprint density at radius 3 is 0.842 bits per heavy atom. The van der Waals surface area contributed by atoms with Crippen molar-refractivity contribution in [3.63, 3.8) is 0 Å². The summed E-state index contributed by atoms with van der Waals surface area (Å²) in [6.45, 7) is 0. The van der Waals surface area contributed by atoms with E-state index in [1.54, 1.807) is 0 Å². The number of aromatic nitrogens is 8. The number of fused-ring (bicyclic) bond motifs is 20. The molecule has 0 saturated heterocycles. The van der Waals surface area contributed by atoms with Crippen molar-refractivity contribution in [2.45, 2.75) is 39.2 Å². The SMILES string of the molecule is Nc1ccccc1Sc1cc2c(cc1Cl)-c1nc-2nc2[nH]c(nc3nc(nc4[nH]c(n1)c1cc(Sc5ccccc5N)c(Cl)cc41)-c1cc(Sc4ccccc4N)c(Cl)cc1-3)c1cc(Sc3ccccc3N)c(Cl)cc21. The molecule has 5 heterocycles. The number of hydrogen-bond donors (Lipinski definition) is 6. The average Bonchev–Trinajstić information content (AvgIpc) is 4.13. The Morgan fingerprint density at radius 1 is 0.289 bits per heavy atom. The van der Waals surface area contributed by atoms with E-state index < -0.39 is 0 Å². The first-order chi connectivity index (χ1) is 36.9.